The van der Waals surface area contributed by atoms with E-state index in [0.717, 1.165) is 44.6 Å². The van der Waals surface area contributed by atoms with E-state index in [9.17, 15) is 84.8 Å². The quantitative estimate of drug-likeness (QED) is 0.00944. The van der Waals surface area contributed by atoms with Gasteiger partial charge in [0.05, 0.1) is 53.9 Å². The van der Waals surface area contributed by atoms with Gasteiger partial charge in [-0.25, -0.2) is 17.6 Å². The van der Waals surface area contributed by atoms with Crippen molar-refractivity contribution in [3.63, 3.8) is 0 Å². The highest BCUT2D eigenvalue weighted by Gasteiger charge is 2.60. The summed E-state index contributed by atoms with van der Waals surface area (Å²) in [6.07, 6.45) is 32.7. The number of ether oxygens (including phenoxy) is 6. The van der Waals surface area contributed by atoms with Crippen LogP contribution in [-0.4, -0.2) is 179 Å². The summed E-state index contributed by atoms with van der Waals surface area (Å²) in [6, 6.07) is 0. The molecule has 4 N–H and O–H groups in total. The van der Waals surface area contributed by atoms with E-state index < -0.39 is 71.0 Å². The molecule has 2 heterocycles. The zero-order valence-corrected chi connectivity index (χ0v) is 73.1. The number of esters is 4. The van der Waals surface area contributed by atoms with E-state index in [1.165, 1.54) is 34.5 Å². The number of rotatable bonds is 51. The van der Waals surface area contributed by atoms with E-state index in [-0.39, 0.29) is 176 Å². The number of allylic oxidation sites excluding steroid dienone is 10. The van der Waals surface area contributed by atoms with Crippen molar-refractivity contribution in [3.8, 4) is 0 Å². The van der Waals surface area contributed by atoms with Crippen LogP contribution in [0.1, 0.15) is 291 Å². The first-order valence-corrected chi connectivity index (χ1v) is 44.3. The highest BCUT2D eigenvalue weighted by Crippen LogP contribution is 2.57. The van der Waals surface area contributed by atoms with Gasteiger partial charge in [0.2, 0.25) is 17.4 Å². The van der Waals surface area contributed by atoms with Crippen LogP contribution in [0.4, 0.5) is 35.1 Å². The molecule has 0 radical (unpaired) electrons. The Hall–Kier alpha value is -5.17. The molecule has 0 aromatic carbocycles. The number of aliphatic hydroxyl groups is 4. The van der Waals surface area contributed by atoms with Gasteiger partial charge in [-0.1, -0.05) is 121 Å². The summed E-state index contributed by atoms with van der Waals surface area (Å²) in [5, 5.41) is 38.2. The molecule has 6 rings (SSSR count). The maximum Gasteiger partial charge on any atom is 0.305 e. The molecule has 0 aromatic rings. The number of Topliss-reactive ketones (excluding diaryl/α,β-unsaturated/α-hetero) is 4. The fraction of sp³-hybridized carbons (Fsp3) is 0.787. The summed E-state index contributed by atoms with van der Waals surface area (Å²) in [7, 11) is 6.42. The minimum Gasteiger partial charge on any atom is -0.469 e. The predicted molar refractivity (Wildman–Crippen MR) is 442 cm³/mol. The van der Waals surface area contributed by atoms with Crippen LogP contribution < -0.4 is 0 Å². The highest BCUT2D eigenvalue weighted by molar-refractivity contribution is 8.01. The fourth-order valence-electron chi connectivity index (χ4n) is 15.9. The number of carbonyl (C=O) groups is 9. The number of hydrogen-bond donors (Lipinski definition) is 5. The third-order valence-corrected chi connectivity index (χ3v) is 25.5. The molecule has 0 aromatic heterocycles. The SMILES string of the molecule is CCCCC(F)(F)C(=O)CCC1C=CC(=O)[C@@H]1C/C=C\CCCC(=O)OC.CCCCC(F)(F)C(=O)CCC1[C@H](S)CC(=O)[C@@H]1C/C=C\CCCC(=O)OC.CCCCC(F)(F)C1(O)CC[C@H]2[C@@H](CC(=O)[C@@H]2C/C=C\CCCC(=O)OC)S1.CCCCCCC(F)(F)C1(CC[C@H]2[C@H](O)CC(O)[C@@H]2C/C=C\CCCC(=O)OC)OCCO1.CO. The number of thioether (sulfide) groups is 1. The first kappa shape index (κ1) is 109. The minimum atomic E-state index is -3.28. The van der Waals surface area contributed by atoms with Gasteiger partial charge in [-0.3, -0.25) is 43.2 Å². The molecule has 3 saturated carbocycles. The summed E-state index contributed by atoms with van der Waals surface area (Å²) < 4.78 is 144. The van der Waals surface area contributed by atoms with E-state index in [4.69, 9.17) is 14.6 Å². The monoisotopic (exact) mass is 1730 g/mol. The predicted octanol–water partition coefficient (Wildman–Crippen LogP) is 19.0. The summed E-state index contributed by atoms with van der Waals surface area (Å²) in [4.78, 5) is 103. The van der Waals surface area contributed by atoms with Crippen LogP contribution in [0.2, 0.25) is 0 Å². The maximum atomic E-state index is 15.2. The molecule has 0 amide bonds. The zero-order chi connectivity index (χ0) is 88.6. The number of halogens is 8. The summed E-state index contributed by atoms with van der Waals surface area (Å²) in [5.74, 6) is -19.1. The molecule has 4 aliphatic carbocycles. The molecule has 19 nitrogen and oxygen atoms in total. The minimum absolute atomic E-state index is 0.0123. The number of methoxy groups -OCH3 is 4. The van der Waals surface area contributed by atoms with Crippen molar-refractivity contribution in [3.05, 3.63) is 60.8 Å². The number of fused-ring (bicyclic) bond motifs is 1. The number of aliphatic hydroxyl groups excluding tert-OH is 3. The van der Waals surface area contributed by atoms with Gasteiger partial charge in [0.15, 0.2) is 10.7 Å². The molecule has 29 heteroatoms. The van der Waals surface area contributed by atoms with Gasteiger partial charge in [0.1, 0.15) is 11.6 Å². The van der Waals surface area contributed by atoms with Gasteiger partial charge in [-0.2, -0.15) is 30.2 Å². The third kappa shape index (κ3) is 37.9. The average molecular weight is 1730 g/mol. The van der Waals surface area contributed by atoms with Gasteiger partial charge >= 0.3 is 41.6 Å². The van der Waals surface area contributed by atoms with E-state index in [1.807, 2.05) is 76.3 Å². The molecule has 0 spiro atoms. The molecule has 4 unspecified atom stereocenters. The lowest BCUT2D eigenvalue weighted by Gasteiger charge is -2.43. The lowest BCUT2D eigenvalue weighted by molar-refractivity contribution is -0.297. The second kappa shape index (κ2) is 58.0. The van der Waals surface area contributed by atoms with Crippen LogP contribution in [0.25, 0.3) is 0 Å². The Morgan fingerprint density at radius 1 is 0.508 bits per heavy atom. The van der Waals surface area contributed by atoms with Crippen molar-refractivity contribution < 1.29 is 127 Å². The molecule has 6 aliphatic rings. The van der Waals surface area contributed by atoms with Gasteiger partial charge in [0, 0.05) is 119 Å². The largest absolute Gasteiger partial charge is 0.469 e. The molecule has 0 bridgehead atoms. The van der Waals surface area contributed by atoms with Crippen LogP contribution in [0, 0.1) is 47.3 Å². The number of ketones is 5. The number of alkyl halides is 8. The molecular formula is C89H140F8O19S2. The van der Waals surface area contributed by atoms with Crippen molar-refractivity contribution >= 4 is 77.2 Å². The standard InChI is InChI=1S/C25H42F2O6.2C21H32F2O4S.C21H30F2O4.CH4O/c1-3-4-5-10-14-24(26,27)25(32-16-17-33-25)15-13-20-19(21(28)18-22(20)29)11-8-6-7-9-12-23(30)31-2;1-3-4-12-20(22,23)21(26)13-11-16-15(17(24)14-18(16)28-21)9-7-5-6-8-10-19(25)27-2;1-3-4-13-21(22,23)19(25)12-11-16-15(17(24)14-18(16)28)9-7-5-6-8-10-20(26)27-2;1-3-4-15-21(22,23)19(25)14-12-16-11-13-18(24)17(16)9-7-5-6-8-10-20(26)27-2;1-2/h6,8,19-22,28-29H,3-5,7,9-18H2,1-2H3;5,7,15-16,18,26H,3-4,6,8-14H2,1-2H3;5,7,15-16,18,28H,3-4,6,8-14H2,1-2H3;5,7,11,13,16-17H,3-4,6,8-10,12,14-15H2,1-2H3;2H,1H3/b8-6-;3*7-5-;/t19-,20-,21?,22-;15-,16-,18-,21?;15-,16?,18-;16?,17-;/m1111./s1. The first-order valence-electron chi connectivity index (χ1n) is 42.9. The Morgan fingerprint density at radius 3 is 1.41 bits per heavy atom. The molecular weight excluding hydrogens is 1590 g/mol. The third-order valence-electron chi connectivity index (χ3n) is 23.2. The topological polar surface area (TPSA) is 290 Å². The molecule has 118 heavy (non-hydrogen) atoms. The van der Waals surface area contributed by atoms with E-state index in [1.54, 1.807) is 6.08 Å². The molecule has 5 fully saturated rings. The summed E-state index contributed by atoms with van der Waals surface area (Å²) >= 11 is 5.39. The van der Waals surface area contributed by atoms with Crippen molar-refractivity contribution in [1.29, 1.82) is 0 Å². The van der Waals surface area contributed by atoms with E-state index in [2.05, 4.69) is 31.6 Å². The molecule has 678 valence electrons. The van der Waals surface area contributed by atoms with Gasteiger partial charge in [-0.05, 0) is 177 Å². The van der Waals surface area contributed by atoms with Gasteiger partial charge in [0.25, 0.3) is 5.92 Å². The average Bonchev–Trinajstić information content (AvgIpc) is 1.10. The number of hydrogen-bond acceptors (Lipinski definition) is 21. The van der Waals surface area contributed by atoms with Gasteiger partial charge in [-0.15, -0.1) is 11.8 Å². The zero-order valence-electron chi connectivity index (χ0n) is 71.4. The van der Waals surface area contributed by atoms with Crippen molar-refractivity contribution in [1.82, 2.24) is 0 Å². The van der Waals surface area contributed by atoms with Crippen LogP contribution in [-0.2, 0) is 71.6 Å². The molecule has 13 atom stereocenters. The van der Waals surface area contributed by atoms with E-state index in [0.29, 0.717) is 161 Å². The maximum absolute atomic E-state index is 15.2. The number of thiol groups is 1. The Morgan fingerprint density at radius 2 is 0.932 bits per heavy atom. The Labute approximate surface area is 705 Å². The van der Waals surface area contributed by atoms with Crippen LogP contribution in [0.15, 0.2) is 60.8 Å². The lowest BCUT2D eigenvalue weighted by Crippen LogP contribution is -2.50. The van der Waals surface area contributed by atoms with Crippen LogP contribution in [0.3, 0.4) is 0 Å². The molecule has 2 saturated heterocycles. The van der Waals surface area contributed by atoms with Crippen LogP contribution in [0.5, 0.6) is 0 Å². The lowest BCUT2D eigenvalue weighted by atomic mass is 9.84. The van der Waals surface area contributed by atoms with Crippen molar-refractivity contribution in [2.24, 2.45) is 47.3 Å². The highest BCUT2D eigenvalue weighted by atomic mass is 32.2. The second-order valence-electron chi connectivity index (χ2n) is 31.7. The Balaban J connectivity index is 0.000000531. The summed E-state index contributed by atoms with van der Waals surface area (Å²) in [5.41, 5.74) is 0. The second-order valence-corrected chi connectivity index (χ2v) is 33.9. The normalized spacial score (nSPS) is 24.9. The number of unbranched alkanes of at least 4 members (excludes halogenated alkanes) is 10. The van der Waals surface area contributed by atoms with E-state index >= 15 is 8.78 Å². The first-order chi connectivity index (χ1) is 56.0. The smallest absolute Gasteiger partial charge is 0.305 e. The van der Waals surface area contributed by atoms with Crippen molar-refractivity contribution in [2.45, 2.75) is 348 Å². The molecule has 2 aliphatic heterocycles. The fourth-order valence-corrected chi connectivity index (χ4v) is 18.2. The van der Waals surface area contributed by atoms with Gasteiger partial charge < -0.3 is 48.8 Å². The number of carbonyl (C=O) groups excluding carboxylic acids is 9. The Bertz CT molecular complexity index is 3120. The summed E-state index contributed by atoms with van der Waals surface area (Å²) in [6.45, 7) is 7.79. The van der Waals surface area contributed by atoms with Crippen LogP contribution >= 0.6 is 24.4 Å². The Kier molecular flexibility index (Phi) is 53.6. The van der Waals surface area contributed by atoms with Crippen molar-refractivity contribution in [2.75, 3.05) is 48.8 Å².